The summed E-state index contributed by atoms with van der Waals surface area (Å²) in [5.41, 5.74) is -1.69. The highest BCUT2D eigenvalue weighted by molar-refractivity contribution is 4.98. The van der Waals surface area contributed by atoms with Gasteiger partial charge in [0.15, 0.2) is 6.29 Å². The number of methoxy groups -OCH3 is 1. The fraction of sp³-hybridized carbons (Fsp3) is 1.00. The van der Waals surface area contributed by atoms with E-state index in [0.717, 1.165) is 0 Å². The summed E-state index contributed by atoms with van der Waals surface area (Å²) in [5, 5.41) is 37.6. The Kier molecular flexibility index (Phi) is 3.46. The second-order valence-electron chi connectivity index (χ2n) is 3.57. The van der Waals surface area contributed by atoms with E-state index in [1.54, 1.807) is 0 Å². The summed E-state index contributed by atoms with van der Waals surface area (Å²) in [7, 11) is 1.30. The third-order valence-corrected chi connectivity index (χ3v) is 2.55. The van der Waals surface area contributed by atoms with Crippen molar-refractivity contribution < 1.29 is 29.9 Å². The van der Waals surface area contributed by atoms with Gasteiger partial charge in [-0.15, -0.1) is 0 Å². The van der Waals surface area contributed by atoms with E-state index < -0.39 is 36.8 Å². The van der Waals surface area contributed by atoms with E-state index in [-0.39, 0.29) is 0 Å². The first-order valence-corrected chi connectivity index (χ1v) is 4.32. The second kappa shape index (κ2) is 4.09. The molecule has 0 spiro atoms. The summed E-state index contributed by atoms with van der Waals surface area (Å²) in [5.74, 6) is 0. The molecule has 0 saturated carbocycles. The first kappa shape index (κ1) is 11.8. The Labute approximate surface area is 81.7 Å². The molecule has 0 aromatic carbocycles. The molecule has 6 nitrogen and oxygen atoms in total. The highest BCUT2D eigenvalue weighted by Gasteiger charge is 2.51. The van der Waals surface area contributed by atoms with E-state index >= 15 is 0 Å². The van der Waals surface area contributed by atoms with Gasteiger partial charge in [0.05, 0.1) is 6.61 Å². The largest absolute Gasteiger partial charge is 0.394 e. The number of hydrogen-bond acceptors (Lipinski definition) is 6. The van der Waals surface area contributed by atoms with Gasteiger partial charge in [-0.1, -0.05) is 0 Å². The molecule has 0 amide bonds. The molecule has 1 heterocycles. The predicted molar refractivity (Wildman–Crippen MR) is 45.4 cm³/mol. The standard InChI is InChI=1S/C8H16O6/c1-8(12)4(3-9)14-7(13-2)5(10)6(8)11/h4-7,9-12H,3H2,1-2H3/t4-,5-,6-,7+,8+/m1/s1. The van der Waals surface area contributed by atoms with Crippen molar-refractivity contribution in [2.75, 3.05) is 13.7 Å². The summed E-state index contributed by atoms with van der Waals surface area (Å²) in [4.78, 5) is 0. The number of aliphatic hydroxyl groups excluding tert-OH is 3. The number of aliphatic hydroxyl groups is 4. The van der Waals surface area contributed by atoms with Crippen molar-refractivity contribution in [3.05, 3.63) is 0 Å². The van der Waals surface area contributed by atoms with Crippen LogP contribution in [0.25, 0.3) is 0 Å². The van der Waals surface area contributed by atoms with Crippen LogP contribution < -0.4 is 0 Å². The number of rotatable bonds is 2. The molecule has 0 aromatic heterocycles. The van der Waals surface area contributed by atoms with E-state index in [0.29, 0.717) is 0 Å². The zero-order valence-corrected chi connectivity index (χ0v) is 8.12. The molecule has 1 rings (SSSR count). The molecule has 14 heavy (non-hydrogen) atoms. The Morgan fingerprint density at radius 2 is 2.00 bits per heavy atom. The minimum Gasteiger partial charge on any atom is -0.394 e. The zero-order valence-electron chi connectivity index (χ0n) is 8.12. The summed E-state index contributed by atoms with van der Waals surface area (Å²) in [6, 6.07) is 0. The van der Waals surface area contributed by atoms with Crippen LogP contribution in [0.15, 0.2) is 0 Å². The Morgan fingerprint density at radius 3 is 2.43 bits per heavy atom. The quantitative estimate of drug-likeness (QED) is 0.412. The maximum absolute atomic E-state index is 9.74. The van der Waals surface area contributed by atoms with Crippen LogP contribution >= 0.6 is 0 Å². The van der Waals surface area contributed by atoms with Crippen LogP contribution in [0, 0.1) is 0 Å². The van der Waals surface area contributed by atoms with Gasteiger partial charge < -0.3 is 29.9 Å². The lowest BCUT2D eigenvalue weighted by Gasteiger charge is -2.45. The van der Waals surface area contributed by atoms with Crippen LogP contribution in [-0.2, 0) is 9.47 Å². The summed E-state index contributed by atoms with van der Waals surface area (Å²) >= 11 is 0. The maximum atomic E-state index is 9.74. The Morgan fingerprint density at radius 1 is 1.43 bits per heavy atom. The lowest BCUT2D eigenvalue weighted by atomic mass is 9.86. The fourth-order valence-corrected chi connectivity index (χ4v) is 1.49. The van der Waals surface area contributed by atoms with E-state index in [1.165, 1.54) is 14.0 Å². The molecule has 1 aliphatic rings. The lowest BCUT2D eigenvalue weighted by molar-refractivity contribution is -0.322. The van der Waals surface area contributed by atoms with Crippen LogP contribution in [0.3, 0.4) is 0 Å². The van der Waals surface area contributed by atoms with Crippen molar-refractivity contribution >= 4 is 0 Å². The van der Waals surface area contributed by atoms with Crippen molar-refractivity contribution in [3.63, 3.8) is 0 Å². The molecular formula is C8H16O6. The summed E-state index contributed by atoms with van der Waals surface area (Å²) in [6.07, 6.45) is -4.77. The van der Waals surface area contributed by atoms with Crippen molar-refractivity contribution in [1.29, 1.82) is 0 Å². The van der Waals surface area contributed by atoms with Gasteiger partial charge in [-0.25, -0.2) is 0 Å². The molecule has 6 heteroatoms. The van der Waals surface area contributed by atoms with E-state index in [9.17, 15) is 15.3 Å². The normalized spacial score (nSPS) is 49.3. The average Bonchev–Trinajstić information content (AvgIpc) is 2.15. The van der Waals surface area contributed by atoms with Gasteiger partial charge in [0.25, 0.3) is 0 Å². The molecule has 0 aliphatic carbocycles. The predicted octanol–water partition coefficient (Wildman–Crippen LogP) is -2.18. The molecule has 5 atom stereocenters. The van der Waals surface area contributed by atoms with Crippen LogP contribution in [0.2, 0.25) is 0 Å². The number of ether oxygens (including phenoxy) is 2. The monoisotopic (exact) mass is 208 g/mol. The van der Waals surface area contributed by atoms with Crippen LogP contribution in [-0.4, -0.2) is 64.3 Å². The summed E-state index contributed by atoms with van der Waals surface area (Å²) < 4.78 is 9.80. The van der Waals surface area contributed by atoms with Crippen molar-refractivity contribution in [1.82, 2.24) is 0 Å². The van der Waals surface area contributed by atoms with Crippen LogP contribution in [0.5, 0.6) is 0 Å². The molecule has 1 aliphatic heterocycles. The Hall–Kier alpha value is -0.240. The van der Waals surface area contributed by atoms with Crippen LogP contribution in [0.4, 0.5) is 0 Å². The first-order valence-electron chi connectivity index (χ1n) is 4.32. The smallest absolute Gasteiger partial charge is 0.186 e. The van der Waals surface area contributed by atoms with Gasteiger partial charge in [-0.3, -0.25) is 0 Å². The maximum Gasteiger partial charge on any atom is 0.186 e. The zero-order chi connectivity index (χ0) is 10.9. The minimum absolute atomic E-state index is 0.462. The number of hydrogen-bond donors (Lipinski definition) is 4. The van der Waals surface area contributed by atoms with Gasteiger partial charge in [0.1, 0.15) is 23.9 Å². The molecule has 0 aromatic rings. The molecule has 84 valence electrons. The fourth-order valence-electron chi connectivity index (χ4n) is 1.49. The minimum atomic E-state index is -1.69. The van der Waals surface area contributed by atoms with Crippen molar-refractivity contribution in [3.8, 4) is 0 Å². The molecule has 4 N–H and O–H groups in total. The highest BCUT2D eigenvalue weighted by atomic mass is 16.7. The molecular weight excluding hydrogens is 192 g/mol. The van der Waals surface area contributed by atoms with Crippen molar-refractivity contribution in [2.45, 2.75) is 37.1 Å². The third kappa shape index (κ3) is 1.77. The lowest BCUT2D eigenvalue weighted by Crippen LogP contribution is -2.65. The van der Waals surface area contributed by atoms with Crippen LogP contribution in [0.1, 0.15) is 6.92 Å². The topological polar surface area (TPSA) is 99.4 Å². The van der Waals surface area contributed by atoms with Gasteiger partial charge in [-0.2, -0.15) is 0 Å². The van der Waals surface area contributed by atoms with Crippen molar-refractivity contribution in [2.24, 2.45) is 0 Å². The third-order valence-electron chi connectivity index (χ3n) is 2.55. The molecule has 0 unspecified atom stereocenters. The Bertz CT molecular complexity index is 190. The van der Waals surface area contributed by atoms with Gasteiger partial charge in [0.2, 0.25) is 0 Å². The van der Waals surface area contributed by atoms with E-state index in [2.05, 4.69) is 0 Å². The molecule has 1 saturated heterocycles. The SMILES string of the molecule is CO[C@H]1O[C@H](CO)[C@](C)(O)[C@H](O)[C@H]1O. The Balaban J connectivity index is 2.83. The average molecular weight is 208 g/mol. The van der Waals surface area contributed by atoms with Gasteiger partial charge in [-0.05, 0) is 6.92 Å². The highest BCUT2D eigenvalue weighted by Crippen LogP contribution is 2.29. The molecule has 1 fully saturated rings. The second-order valence-corrected chi connectivity index (χ2v) is 3.57. The first-order chi connectivity index (χ1) is 6.45. The van der Waals surface area contributed by atoms with E-state index in [1.807, 2.05) is 0 Å². The summed E-state index contributed by atoms with van der Waals surface area (Å²) in [6.45, 7) is 0.824. The van der Waals surface area contributed by atoms with Gasteiger partial charge in [0, 0.05) is 7.11 Å². The molecule has 0 bridgehead atoms. The van der Waals surface area contributed by atoms with E-state index in [4.69, 9.17) is 14.6 Å². The van der Waals surface area contributed by atoms with Gasteiger partial charge >= 0.3 is 0 Å². The molecule has 0 radical (unpaired) electrons.